The topological polar surface area (TPSA) is 96.8 Å². The minimum Gasteiger partial charge on any atom is -0.497 e. The normalized spacial score (nSPS) is 16.3. The Hall–Kier alpha value is -3.10. The molecule has 0 spiro atoms. The van der Waals surface area contributed by atoms with Crippen LogP contribution in [-0.2, 0) is 13.1 Å². The van der Waals surface area contributed by atoms with Crippen molar-refractivity contribution < 1.29 is 9.94 Å². The molecule has 8 heteroatoms. The number of hydrogen-bond donors (Lipinski definition) is 4. The summed E-state index contributed by atoms with van der Waals surface area (Å²) in [5.74, 6) is 1.04. The van der Waals surface area contributed by atoms with Gasteiger partial charge < -0.3 is 30.9 Å². The fraction of sp³-hybridized carbons (Fsp3) is 0.273. The molecule has 3 aromatic rings. The molecule has 0 amide bonds. The molecule has 5 N–H and O–H groups in total. The maximum absolute atomic E-state index is 8.87. The lowest BCUT2D eigenvalue weighted by atomic mass is 9.92. The molecule has 2 aromatic carbocycles. The number of thiocarbonyl (C=S) groups is 1. The fourth-order valence-electron chi connectivity index (χ4n) is 4.16. The molecule has 0 bridgehead atoms. The Morgan fingerprint density at radius 2 is 2.10 bits per heavy atom. The van der Waals surface area contributed by atoms with Gasteiger partial charge in [-0.2, -0.15) is 0 Å². The molecule has 1 aliphatic rings. The number of nitrogens with one attached hydrogen (secondary N) is 2. The molecule has 0 fully saturated rings. The summed E-state index contributed by atoms with van der Waals surface area (Å²) in [6.45, 7) is 2.28. The standard InChI is InChI=1S/C22H25N5O2S/c1-24-22(30)17-10-25-11-19-20(17)16-9-15(29-2)7-8-18(16)27(19)12-13-3-5-14(6-4-13)21(23)26-28/h3-9,17,25,28H,10-12H2,1-2H3,(H2,23,26)(H,24,30). The molecular weight excluding hydrogens is 398 g/mol. The van der Waals surface area contributed by atoms with Gasteiger partial charge in [-0.3, -0.25) is 0 Å². The van der Waals surface area contributed by atoms with Gasteiger partial charge in [0.15, 0.2) is 5.84 Å². The quantitative estimate of drug-likeness (QED) is 0.166. The molecule has 0 saturated carbocycles. The average Bonchev–Trinajstić information content (AvgIpc) is 3.11. The zero-order valence-corrected chi connectivity index (χ0v) is 17.8. The van der Waals surface area contributed by atoms with E-state index in [1.807, 2.05) is 37.4 Å². The first-order chi connectivity index (χ1) is 14.6. The van der Waals surface area contributed by atoms with Crippen LogP contribution in [0.2, 0.25) is 0 Å². The van der Waals surface area contributed by atoms with Crippen molar-refractivity contribution in [3.63, 3.8) is 0 Å². The largest absolute Gasteiger partial charge is 0.497 e. The van der Waals surface area contributed by atoms with E-state index in [9.17, 15) is 0 Å². The molecule has 2 heterocycles. The van der Waals surface area contributed by atoms with Gasteiger partial charge in [-0.1, -0.05) is 41.6 Å². The predicted octanol–water partition coefficient (Wildman–Crippen LogP) is 2.53. The molecule has 0 saturated heterocycles. The zero-order valence-electron chi connectivity index (χ0n) is 17.0. The Kier molecular flexibility index (Phi) is 5.61. The molecule has 1 aromatic heterocycles. The SMILES string of the molecule is CNC(=S)C1CNCc2c1c1cc(OC)ccc1n2Cc1ccc(C(N)=NO)cc1. The molecule has 1 atom stereocenters. The molecule has 30 heavy (non-hydrogen) atoms. The highest BCUT2D eigenvalue weighted by molar-refractivity contribution is 7.80. The van der Waals surface area contributed by atoms with Crippen LogP contribution >= 0.6 is 12.2 Å². The number of fused-ring (bicyclic) bond motifs is 3. The van der Waals surface area contributed by atoms with E-state index in [0.717, 1.165) is 34.9 Å². The molecule has 1 unspecified atom stereocenters. The second kappa shape index (κ2) is 8.33. The van der Waals surface area contributed by atoms with E-state index in [2.05, 4.69) is 32.5 Å². The maximum atomic E-state index is 8.87. The van der Waals surface area contributed by atoms with Crippen molar-refractivity contribution in [1.29, 1.82) is 0 Å². The highest BCUT2D eigenvalue weighted by Crippen LogP contribution is 2.37. The summed E-state index contributed by atoms with van der Waals surface area (Å²) in [4.78, 5) is 0.827. The van der Waals surface area contributed by atoms with Crippen LogP contribution in [-0.4, -0.2) is 41.3 Å². The van der Waals surface area contributed by atoms with Gasteiger partial charge in [0.05, 0.1) is 12.1 Å². The third kappa shape index (κ3) is 3.48. The van der Waals surface area contributed by atoms with Crippen molar-refractivity contribution >= 4 is 33.9 Å². The van der Waals surface area contributed by atoms with Crippen molar-refractivity contribution in [2.24, 2.45) is 10.9 Å². The molecule has 0 radical (unpaired) electrons. The summed E-state index contributed by atoms with van der Waals surface area (Å²) < 4.78 is 7.83. The van der Waals surface area contributed by atoms with Crippen molar-refractivity contribution in [3.05, 3.63) is 64.8 Å². The van der Waals surface area contributed by atoms with E-state index in [4.69, 9.17) is 27.9 Å². The first-order valence-electron chi connectivity index (χ1n) is 9.75. The lowest BCUT2D eigenvalue weighted by Crippen LogP contribution is -2.37. The van der Waals surface area contributed by atoms with Crippen molar-refractivity contribution in [2.75, 3.05) is 20.7 Å². The van der Waals surface area contributed by atoms with Gasteiger partial charge in [-0.25, -0.2) is 0 Å². The molecule has 1 aliphatic heterocycles. The molecule has 156 valence electrons. The van der Waals surface area contributed by atoms with Gasteiger partial charge in [0.1, 0.15) is 5.75 Å². The van der Waals surface area contributed by atoms with E-state index in [-0.39, 0.29) is 11.8 Å². The van der Waals surface area contributed by atoms with Crippen LogP contribution in [0.1, 0.15) is 28.3 Å². The lowest BCUT2D eigenvalue weighted by Gasteiger charge is -2.26. The summed E-state index contributed by atoms with van der Waals surface area (Å²) >= 11 is 5.63. The van der Waals surface area contributed by atoms with Gasteiger partial charge >= 0.3 is 0 Å². The van der Waals surface area contributed by atoms with Gasteiger partial charge in [-0.15, -0.1) is 0 Å². The van der Waals surface area contributed by atoms with E-state index in [0.29, 0.717) is 12.1 Å². The van der Waals surface area contributed by atoms with Crippen LogP contribution in [0, 0.1) is 0 Å². The van der Waals surface area contributed by atoms with E-state index < -0.39 is 0 Å². The highest BCUT2D eigenvalue weighted by Gasteiger charge is 2.29. The molecule has 7 nitrogen and oxygen atoms in total. The van der Waals surface area contributed by atoms with Gasteiger partial charge in [-0.05, 0) is 29.3 Å². The Morgan fingerprint density at radius 1 is 1.33 bits per heavy atom. The van der Waals surface area contributed by atoms with Crippen LogP contribution in [0.4, 0.5) is 0 Å². The van der Waals surface area contributed by atoms with Crippen LogP contribution in [0.15, 0.2) is 47.6 Å². The predicted molar refractivity (Wildman–Crippen MR) is 123 cm³/mol. The van der Waals surface area contributed by atoms with Crippen molar-refractivity contribution in [2.45, 2.75) is 19.0 Å². The lowest BCUT2D eigenvalue weighted by molar-refractivity contribution is 0.318. The number of methoxy groups -OCH3 is 1. The maximum Gasteiger partial charge on any atom is 0.170 e. The summed E-state index contributed by atoms with van der Waals surface area (Å²) in [5.41, 5.74) is 11.1. The number of rotatable bonds is 5. The van der Waals surface area contributed by atoms with Crippen molar-refractivity contribution in [3.8, 4) is 5.75 Å². The summed E-state index contributed by atoms with van der Waals surface area (Å²) in [6.07, 6.45) is 0. The first-order valence-corrected chi connectivity index (χ1v) is 10.2. The minimum atomic E-state index is 0.102. The number of amidine groups is 1. The Morgan fingerprint density at radius 3 is 2.77 bits per heavy atom. The number of hydrogen-bond acceptors (Lipinski definition) is 5. The monoisotopic (exact) mass is 423 g/mol. The van der Waals surface area contributed by atoms with Gasteiger partial charge in [0, 0.05) is 54.8 Å². The molecule has 4 rings (SSSR count). The van der Waals surface area contributed by atoms with Gasteiger partial charge in [0.2, 0.25) is 0 Å². The number of nitrogens with zero attached hydrogens (tertiary/aromatic N) is 2. The fourth-order valence-corrected chi connectivity index (χ4v) is 4.36. The second-order valence-electron chi connectivity index (χ2n) is 7.31. The molecule has 0 aliphatic carbocycles. The number of ether oxygens (including phenoxy) is 1. The smallest absolute Gasteiger partial charge is 0.170 e. The Labute approximate surface area is 180 Å². The number of nitrogens with two attached hydrogens (primary N) is 1. The Bertz CT molecular complexity index is 1120. The number of aromatic nitrogens is 1. The number of likely N-dealkylation sites (N-methyl/N-ethyl adjacent to an activating group) is 1. The van der Waals surface area contributed by atoms with Crippen LogP contribution < -0.4 is 21.1 Å². The van der Waals surface area contributed by atoms with Crippen molar-refractivity contribution in [1.82, 2.24) is 15.2 Å². The highest BCUT2D eigenvalue weighted by atomic mass is 32.1. The van der Waals surface area contributed by atoms with Gasteiger partial charge in [0.25, 0.3) is 0 Å². The third-order valence-electron chi connectivity index (χ3n) is 5.67. The number of benzene rings is 2. The molecular formula is C22H25N5O2S. The minimum absolute atomic E-state index is 0.102. The average molecular weight is 424 g/mol. The zero-order chi connectivity index (χ0) is 21.3. The summed E-state index contributed by atoms with van der Waals surface area (Å²) in [7, 11) is 3.56. The van der Waals surface area contributed by atoms with E-state index in [1.165, 1.54) is 16.6 Å². The second-order valence-corrected chi connectivity index (χ2v) is 7.75. The van der Waals surface area contributed by atoms with E-state index >= 15 is 0 Å². The summed E-state index contributed by atoms with van der Waals surface area (Å²) in [5, 5.41) is 19.8. The van der Waals surface area contributed by atoms with Crippen LogP contribution in [0.3, 0.4) is 0 Å². The first kappa shape index (κ1) is 20.2. The summed E-state index contributed by atoms with van der Waals surface area (Å²) in [6, 6.07) is 13.9. The third-order valence-corrected chi connectivity index (χ3v) is 6.16. The number of oxime groups is 1. The Balaban J connectivity index is 1.83. The van der Waals surface area contributed by atoms with E-state index in [1.54, 1.807) is 7.11 Å². The van der Waals surface area contributed by atoms with Crippen LogP contribution in [0.25, 0.3) is 10.9 Å². The van der Waals surface area contributed by atoms with Crippen LogP contribution in [0.5, 0.6) is 5.75 Å².